The number of hydrogen-bond donors (Lipinski definition) is 0. The van der Waals surface area contributed by atoms with Crippen LogP contribution < -0.4 is 4.74 Å². The average molecular weight is 249 g/mol. The summed E-state index contributed by atoms with van der Waals surface area (Å²) in [6.45, 7) is 10.3. The molecule has 0 atom stereocenters. The van der Waals surface area contributed by atoms with Crippen LogP contribution in [0.15, 0.2) is 18.5 Å². The maximum Gasteiger partial charge on any atom is 0.164 e. The van der Waals surface area contributed by atoms with Gasteiger partial charge in [0.2, 0.25) is 0 Å². The summed E-state index contributed by atoms with van der Waals surface area (Å²) in [6, 6.07) is 1.78. The number of nitrogens with zero attached hydrogens (tertiary/aromatic N) is 1. The van der Waals surface area contributed by atoms with E-state index in [0.717, 1.165) is 6.42 Å². The van der Waals surface area contributed by atoms with Gasteiger partial charge in [0, 0.05) is 18.2 Å². The van der Waals surface area contributed by atoms with Crippen LogP contribution in [0.4, 0.5) is 0 Å². The topological polar surface area (TPSA) is 39.2 Å². The molecule has 0 aliphatic rings. The predicted octanol–water partition coefficient (Wildman–Crippen LogP) is 3.88. The Balaban J connectivity index is 2.68. The van der Waals surface area contributed by atoms with Crippen LogP contribution in [0.3, 0.4) is 0 Å². The van der Waals surface area contributed by atoms with Crippen LogP contribution in [0.2, 0.25) is 0 Å². The molecule has 0 saturated heterocycles. The maximum absolute atomic E-state index is 12.0. The number of carbonyl (C=O) groups is 1. The highest BCUT2D eigenvalue weighted by molar-refractivity contribution is 5.96. The van der Waals surface area contributed by atoms with E-state index >= 15 is 0 Å². The quantitative estimate of drug-likeness (QED) is 0.743. The van der Waals surface area contributed by atoms with Gasteiger partial charge in [0.05, 0.1) is 12.3 Å². The van der Waals surface area contributed by atoms with Gasteiger partial charge < -0.3 is 4.74 Å². The van der Waals surface area contributed by atoms with Gasteiger partial charge in [0.1, 0.15) is 5.75 Å². The fourth-order valence-corrected chi connectivity index (χ4v) is 1.54. The Hall–Kier alpha value is -1.38. The van der Waals surface area contributed by atoms with Crippen molar-refractivity contribution in [2.24, 2.45) is 5.41 Å². The summed E-state index contributed by atoms with van der Waals surface area (Å²) in [7, 11) is 0. The van der Waals surface area contributed by atoms with Crippen LogP contribution in [-0.4, -0.2) is 16.9 Å². The molecule has 3 nitrogen and oxygen atoms in total. The van der Waals surface area contributed by atoms with E-state index in [0.29, 0.717) is 17.7 Å². The molecular formula is C15H23NO2. The zero-order valence-corrected chi connectivity index (χ0v) is 12.0. The van der Waals surface area contributed by atoms with Crippen molar-refractivity contribution in [3.8, 4) is 5.75 Å². The Kier molecular flexibility index (Phi) is 4.88. The van der Waals surface area contributed by atoms with E-state index < -0.39 is 0 Å². The van der Waals surface area contributed by atoms with Crippen LogP contribution in [0.5, 0.6) is 5.75 Å². The van der Waals surface area contributed by atoms with E-state index in [2.05, 4.69) is 25.8 Å². The molecule has 0 saturated carbocycles. The van der Waals surface area contributed by atoms with Crippen molar-refractivity contribution < 1.29 is 9.53 Å². The van der Waals surface area contributed by atoms with Gasteiger partial charge in [0.15, 0.2) is 5.78 Å². The number of carbonyl (C=O) groups excluding carboxylic acids is 1. The smallest absolute Gasteiger partial charge is 0.164 e. The number of ether oxygens (including phenoxy) is 1. The molecule has 0 spiro atoms. The van der Waals surface area contributed by atoms with Crippen LogP contribution >= 0.6 is 0 Å². The molecule has 1 aromatic rings. The highest BCUT2D eigenvalue weighted by Gasteiger charge is 2.15. The maximum atomic E-state index is 12.0. The molecule has 1 rings (SSSR count). The fourth-order valence-electron chi connectivity index (χ4n) is 1.54. The second-order valence-corrected chi connectivity index (χ2v) is 6.06. The van der Waals surface area contributed by atoms with Gasteiger partial charge in [-0.2, -0.15) is 0 Å². The zero-order chi connectivity index (χ0) is 13.8. The van der Waals surface area contributed by atoms with Crippen LogP contribution in [0, 0.1) is 5.41 Å². The molecule has 0 aliphatic heterocycles. The molecule has 3 heteroatoms. The number of hydrogen-bond acceptors (Lipinski definition) is 3. The van der Waals surface area contributed by atoms with E-state index in [9.17, 15) is 4.79 Å². The molecule has 0 aromatic carbocycles. The Bertz CT molecular complexity index is 405. The Morgan fingerprint density at radius 3 is 2.56 bits per heavy atom. The van der Waals surface area contributed by atoms with Gasteiger partial charge >= 0.3 is 0 Å². The van der Waals surface area contributed by atoms with Crippen molar-refractivity contribution in [2.45, 2.75) is 53.6 Å². The first kappa shape index (κ1) is 14.7. The molecular weight excluding hydrogens is 226 g/mol. The van der Waals surface area contributed by atoms with Gasteiger partial charge in [-0.1, -0.05) is 20.8 Å². The summed E-state index contributed by atoms with van der Waals surface area (Å²) in [5.74, 6) is 0.790. The molecule has 1 aromatic heterocycles. The van der Waals surface area contributed by atoms with Gasteiger partial charge in [-0.15, -0.1) is 0 Å². The largest absolute Gasteiger partial charge is 0.489 e. The highest BCUT2D eigenvalue weighted by atomic mass is 16.5. The standard InChI is InChI=1S/C15H23NO2/c1-11(2)18-13-8-12(9-16-10-13)14(17)6-7-15(3,4)5/h8-11H,6-7H2,1-5H3. The second kappa shape index (κ2) is 5.98. The minimum Gasteiger partial charge on any atom is -0.489 e. The van der Waals surface area contributed by atoms with Gasteiger partial charge in [-0.3, -0.25) is 9.78 Å². The first-order chi connectivity index (χ1) is 8.28. The van der Waals surface area contributed by atoms with E-state index in [1.54, 1.807) is 18.5 Å². The summed E-state index contributed by atoms with van der Waals surface area (Å²) in [5.41, 5.74) is 0.812. The van der Waals surface area contributed by atoms with Crippen molar-refractivity contribution >= 4 is 5.78 Å². The summed E-state index contributed by atoms with van der Waals surface area (Å²) in [5, 5.41) is 0. The summed E-state index contributed by atoms with van der Waals surface area (Å²) >= 11 is 0. The minimum absolute atomic E-state index is 0.0896. The third kappa shape index (κ3) is 5.30. The SMILES string of the molecule is CC(C)Oc1cncc(C(=O)CCC(C)(C)C)c1. The first-order valence-corrected chi connectivity index (χ1v) is 6.43. The number of pyridine rings is 1. The average Bonchev–Trinajstić information content (AvgIpc) is 2.24. The van der Waals surface area contributed by atoms with E-state index in [1.165, 1.54) is 0 Å². The number of rotatable bonds is 5. The first-order valence-electron chi connectivity index (χ1n) is 6.43. The van der Waals surface area contributed by atoms with E-state index in [4.69, 9.17) is 4.74 Å². The van der Waals surface area contributed by atoms with Crippen LogP contribution in [-0.2, 0) is 0 Å². The molecule has 18 heavy (non-hydrogen) atoms. The number of Topliss-reactive ketones (excluding diaryl/α,β-unsaturated/α-hetero) is 1. The third-order valence-electron chi connectivity index (χ3n) is 2.51. The van der Waals surface area contributed by atoms with Crippen molar-refractivity contribution in [2.75, 3.05) is 0 Å². The van der Waals surface area contributed by atoms with Crippen molar-refractivity contribution in [1.29, 1.82) is 0 Å². The van der Waals surface area contributed by atoms with Gasteiger partial charge in [-0.05, 0) is 31.7 Å². The highest BCUT2D eigenvalue weighted by Crippen LogP contribution is 2.22. The lowest BCUT2D eigenvalue weighted by molar-refractivity contribution is 0.0965. The lowest BCUT2D eigenvalue weighted by atomic mass is 9.89. The Labute approximate surface area is 110 Å². The lowest BCUT2D eigenvalue weighted by Gasteiger charge is -2.17. The van der Waals surface area contributed by atoms with E-state index in [1.807, 2.05) is 13.8 Å². The molecule has 0 radical (unpaired) electrons. The number of ketones is 1. The van der Waals surface area contributed by atoms with Crippen molar-refractivity contribution in [1.82, 2.24) is 4.98 Å². The van der Waals surface area contributed by atoms with Gasteiger partial charge in [0.25, 0.3) is 0 Å². The van der Waals surface area contributed by atoms with Gasteiger partial charge in [-0.25, -0.2) is 0 Å². The monoisotopic (exact) mass is 249 g/mol. The molecule has 0 amide bonds. The fraction of sp³-hybridized carbons (Fsp3) is 0.600. The Morgan fingerprint density at radius 1 is 1.33 bits per heavy atom. The minimum atomic E-state index is 0.0896. The third-order valence-corrected chi connectivity index (χ3v) is 2.51. The molecule has 0 bridgehead atoms. The predicted molar refractivity (Wildman–Crippen MR) is 73.0 cm³/mol. The van der Waals surface area contributed by atoms with Crippen LogP contribution in [0.25, 0.3) is 0 Å². The van der Waals surface area contributed by atoms with E-state index in [-0.39, 0.29) is 17.3 Å². The molecule has 100 valence electrons. The Morgan fingerprint density at radius 2 is 2.00 bits per heavy atom. The molecule has 0 N–H and O–H groups in total. The summed E-state index contributed by atoms with van der Waals surface area (Å²) in [6.07, 6.45) is 4.77. The molecule has 0 fully saturated rings. The molecule has 0 unspecified atom stereocenters. The number of aromatic nitrogens is 1. The normalized spacial score (nSPS) is 11.7. The van der Waals surface area contributed by atoms with Crippen molar-refractivity contribution in [3.63, 3.8) is 0 Å². The molecule has 0 aliphatic carbocycles. The molecule has 1 heterocycles. The lowest BCUT2D eigenvalue weighted by Crippen LogP contribution is -2.10. The van der Waals surface area contributed by atoms with Crippen molar-refractivity contribution in [3.05, 3.63) is 24.0 Å². The summed E-state index contributed by atoms with van der Waals surface area (Å²) < 4.78 is 5.54. The summed E-state index contributed by atoms with van der Waals surface area (Å²) in [4.78, 5) is 16.1. The van der Waals surface area contributed by atoms with Crippen LogP contribution in [0.1, 0.15) is 57.8 Å². The zero-order valence-electron chi connectivity index (χ0n) is 12.0. The second-order valence-electron chi connectivity index (χ2n) is 6.06.